The Morgan fingerprint density at radius 2 is 1.36 bits per heavy atom. The Morgan fingerprint density at radius 1 is 0.797 bits per heavy atom. The molecule has 0 saturated heterocycles. The normalized spacial score (nSPS) is 11.1. The molecule has 0 aliphatic heterocycles. The van der Waals surface area contributed by atoms with Crippen LogP contribution in [0.1, 0.15) is 16.7 Å². The summed E-state index contributed by atoms with van der Waals surface area (Å²) in [6.07, 6.45) is 0. The van der Waals surface area contributed by atoms with Gasteiger partial charge in [-0.3, -0.25) is 33.8 Å². The number of benzene rings is 4. The number of nitrogens with one attached hydrogen (secondary N) is 1. The number of nitro groups is 2. The van der Waals surface area contributed by atoms with Crippen LogP contribution in [-0.2, 0) is 16.8 Å². The zero-order chi connectivity index (χ0) is 41.4. The van der Waals surface area contributed by atoms with E-state index in [9.17, 15) is 45.6 Å². The molecule has 0 saturated carbocycles. The van der Waals surface area contributed by atoms with E-state index >= 15 is 0 Å². The molecule has 0 atom stereocenters. The number of para-hydroxylation sites is 4. The van der Waals surface area contributed by atoms with E-state index in [1.165, 1.54) is 8.80 Å². The molecule has 0 amide bonds. The number of aromatic nitrogens is 4. The fourth-order valence-corrected chi connectivity index (χ4v) is 6.11. The van der Waals surface area contributed by atoms with Crippen LogP contribution < -0.4 is 5.56 Å². The molecule has 0 bridgehead atoms. The number of H-pyrrole nitrogens is 1. The minimum Gasteiger partial charge on any atom is -0.506 e. The van der Waals surface area contributed by atoms with Gasteiger partial charge < -0.3 is 20.3 Å². The molecule has 4 heterocycles. The number of pyridine rings is 2. The number of phenolic OH excluding ortho intramolecular Hbond substituents is 2. The Bertz CT molecular complexity index is 3270. The molecule has 0 unspecified atom stereocenters. The Hall–Kier alpha value is -8.53. The van der Waals surface area contributed by atoms with Gasteiger partial charge in [0.05, 0.1) is 44.0 Å². The summed E-state index contributed by atoms with van der Waals surface area (Å²) in [6, 6.07) is 22.8. The number of hydrogen-bond acceptors (Lipinski definition) is 14. The largest absolute Gasteiger partial charge is 0.506 e. The van der Waals surface area contributed by atoms with Crippen LogP contribution in [0.25, 0.3) is 38.2 Å². The standard InChI is InChI=1S/2C19H12N6O4.Co/c1-10-16(20-2)18-21-12-5-3-4-6-14(12)24(18)19(27)17(10)23-22-13-9-11(25(28)29)7-8-15(13)26;1-10-12(9-20)18-21-13-4-2-3-5-15(13)24(18)19(27)17(10)23-22-14-8-11(25(28)29)6-7-16(14)26;/h3-9,26-27H,1H3;2-8,21,26H,1H3;. The van der Waals surface area contributed by atoms with Crippen molar-refractivity contribution in [2.45, 2.75) is 13.8 Å². The molecule has 8 aromatic rings. The molecule has 4 aromatic heterocycles. The van der Waals surface area contributed by atoms with Crippen molar-refractivity contribution in [2.24, 2.45) is 20.5 Å². The number of aromatic amines is 1. The number of aromatic hydroxyl groups is 3. The maximum Gasteiger partial charge on any atom is 0.284 e. The minimum atomic E-state index is -0.635. The molecule has 21 heteroatoms. The third-order valence-electron chi connectivity index (χ3n) is 8.98. The average Bonchev–Trinajstić information content (AvgIpc) is 3.79. The molecule has 0 spiro atoms. The number of non-ortho nitro benzene ring substituents is 2. The molecule has 59 heavy (non-hydrogen) atoms. The van der Waals surface area contributed by atoms with Crippen LogP contribution in [-0.4, -0.2) is 43.9 Å². The molecule has 8 rings (SSSR count). The first kappa shape index (κ1) is 40.1. The van der Waals surface area contributed by atoms with E-state index < -0.39 is 15.4 Å². The van der Waals surface area contributed by atoms with Gasteiger partial charge in [-0.2, -0.15) is 5.26 Å². The Balaban J connectivity index is 0.000000195. The number of rotatable bonds is 6. The van der Waals surface area contributed by atoms with Crippen molar-refractivity contribution >= 4 is 73.2 Å². The zero-order valence-electron chi connectivity index (χ0n) is 30.2. The summed E-state index contributed by atoms with van der Waals surface area (Å²) in [7, 11) is 0. The van der Waals surface area contributed by atoms with Gasteiger partial charge in [-0.15, -0.1) is 20.5 Å². The predicted octanol–water partition coefficient (Wildman–Crippen LogP) is 9.07. The van der Waals surface area contributed by atoms with Gasteiger partial charge in [0.1, 0.15) is 45.9 Å². The quantitative estimate of drug-likeness (QED) is 0.0533. The topological polar surface area (TPSA) is 279 Å². The summed E-state index contributed by atoms with van der Waals surface area (Å²) >= 11 is 0. The van der Waals surface area contributed by atoms with Crippen LogP contribution in [0.3, 0.4) is 0 Å². The molecule has 1 radical (unpaired) electrons. The van der Waals surface area contributed by atoms with Gasteiger partial charge in [0.25, 0.3) is 16.9 Å². The first-order chi connectivity index (χ1) is 27.8. The van der Waals surface area contributed by atoms with Crippen molar-refractivity contribution in [1.29, 1.82) is 5.26 Å². The molecular weight excluding hydrogens is 811 g/mol. The van der Waals surface area contributed by atoms with Gasteiger partial charge >= 0.3 is 0 Å². The fourth-order valence-electron chi connectivity index (χ4n) is 6.11. The first-order valence-corrected chi connectivity index (χ1v) is 16.7. The van der Waals surface area contributed by atoms with Crippen LogP contribution in [0.5, 0.6) is 17.4 Å². The zero-order valence-corrected chi connectivity index (χ0v) is 31.3. The Morgan fingerprint density at radius 3 is 1.93 bits per heavy atom. The van der Waals surface area contributed by atoms with Crippen molar-refractivity contribution in [2.75, 3.05) is 0 Å². The summed E-state index contributed by atoms with van der Waals surface area (Å²) in [6.45, 7) is 10.7. The maximum atomic E-state index is 13.1. The smallest absolute Gasteiger partial charge is 0.284 e. The van der Waals surface area contributed by atoms with Gasteiger partial charge in [0.15, 0.2) is 5.69 Å². The summed E-state index contributed by atoms with van der Waals surface area (Å²) < 4.78 is 2.74. The number of phenols is 2. The van der Waals surface area contributed by atoms with Gasteiger partial charge in [0, 0.05) is 46.6 Å². The van der Waals surface area contributed by atoms with Crippen LogP contribution in [0, 0.1) is 52.0 Å². The van der Waals surface area contributed by atoms with E-state index in [0.29, 0.717) is 38.8 Å². The molecule has 4 N–H and O–H groups in total. The van der Waals surface area contributed by atoms with E-state index in [0.717, 1.165) is 36.4 Å². The Kier molecular flexibility index (Phi) is 10.8. The van der Waals surface area contributed by atoms with Crippen molar-refractivity contribution in [3.8, 4) is 23.4 Å². The third kappa shape index (κ3) is 7.08. The van der Waals surface area contributed by atoms with Crippen LogP contribution in [0.2, 0.25) is 0 Å². The van der Waals surface area contributed by atoms with Crippen molar-refractivity contribution in [3.63, 3.8) is 0 Å². The van der Waals surface area contributed by atoms with E-state index in [2.05, 4.69) is 41.3 Å². The first-order valence-electron chi connectivity index (χ1n) is 16.7. The molecular formula is C38H24CoN12O8. The molecule has 4 aromatic carbocycles. The van der Waals surface area contributed by atoms with Crippen LogP contribution in [0.15, 0.2) is 110 Å². The molecule has 20 nitrogen and oxygen atoms in total. The number of azo groups is 2. The van der Waals surface area contributed by atoms with Gasteiger partial charge in [0.2, 0.25) is 11.6 Å². The molecule has 0 aliphatic rings. The summed E-state index contributed by atoms with van der Waals surface area (Å²) in [5.41, 5.74) is 2.63. The number of imidazole rings is 2. The van der Waals surface area contributed by atoms with Crippen LogP contribution in [0.4, 0.5) is 39.8 Å². The second-order valence-corrected chi connectivity index (χ2v) is 12.4. The van der Waals surface area contributed by atoms with Crippen molar-refractivity contribution in [3.05, 3.63) is 144 Å². The van der Waals surface area contributed by atoms with Gasteiger partial charge in [-0.25, -0.2) is 9.83 Å². The number of hydrogen-bond donors (Lipinski definition) is 4. The number of nitrogens with zero attached hydrogens (tertiary/aromatic N) is 11. The van der Waals surface area contributed by atoms with Crippen molar-refractivity contribution < 1.29 is 41.9 Å². The Labute approximate surface area is 339 Å². The fraction of sp³-hybridized carbons (Fsp3) is 0.0526. The number of nitro benzene ring substituents is 2. The minimum absolute atomic E-state index is 0. The molecule has 0 fully saturated rings. The second-order valence-electron chi connectivity index (χ2n) is 12.4. The number of fused-ring (bicyclic) bond motifs is 6. The second kappa shape index (κ2) is 15.9. The molecule has 293 valence electrons. The van der Waals surface area contributed by atoms with E-state index in [-0.39, 0.29) is 85.2 Å². The van der Waals surface area contributed by atoms with E-state index in [1.807, 2.05) is 0 Å². The van der Waals surface area contributed by atoms with Crippen LogP contribution >= 0.6 is 0 Å². The molecule has 0 aliphatic carbocycles. The van der Waals surface area contributed by atoms with Gasteiger partial charge in [-0.1, -0.05) is 24.3 Å². The van der Waals surface area contributed by atoms with Crippen molar-refractivity contribution in [1.82, 2.24) is 18.8 Å². The SMILES string of the molecule is Cc1c(N=Nc2cc([N+](=O)[O-])ccc2O)c(=O)n2c([nH]c3ccccc32)c1C#N.[C-]#[N+]c1c(C)c(N=Nc2cc([N+](=O)[O-])ccc2O)c(O)n2c1nc1ccccc12.[Co]. The van der Waals surface area contributed by atoms with E-state index in [1.54, 1.807) is 62.4 Å². The number of nitriles is 1. The third-order valence-corrected chi connectivity index (χ3v) is 8.98. The van der Waals surface area contributed by atoms with E-state index in [4.69, 9.17) is 6.57 Å². The average molecular weight is 836 g/mol. The van der Waals surface area contributed by atoms with Gasteiger partial charge in [-0.05, 0) is 55.8 Å². The predicted molar refractivity (Wildman–Crippen MR) is 208 cm³/mol. The monoisotopic (exact) mass is 835 g/mol. The summed E-state index contributed by atoms with van der Waals surface area (Å²) in [5, 5.41) is 77.7. The summed E-state index contributed by atoms with van der Waals surface area (Å²) in [4.78, 5) is 44.7. The summed E-state index contributed by atoms with van der Waals surface area (Å²) in [5.74, 6) is -0.922. The maximum absolute atomic E-state index is 13.1.